The molecule has 0 fully saturated rings. The van der Waals surface area contributed by atoms with Crippen molar-refractivity contribution in [3.05, 3.63) is 51.6 Å². The number of ether oxygens (including phenoxy) is 1. The van der Waals surface area contributed by atoms with Crippen LogP contribution in [0.3, 0.4) is 0 Å². The molecule has 0 aliphatic carbocycles. The summed E-state index contributed by atoms with van der Waals surface area (Å²) in [4.78, 5) is 0.931. The van der Waals surface area contributed by atoms with E-state index in [0.717, 1.165) is 14.2 Å². The van der Waals surface area contributed by atoms with E-state index in [-0.39, 0.29) is 0 Å². The summed E-state index contributed by atoms with van der Waals surface area (Å²) in [5, 5.41) is 9.21. The van der Waals surface area contributed by atoms with E-state index < -0.39 is 0 Å². The Morgan fingerprint density at radius 2 is 1.89 bits per heavy atom. The van der Waals surface area contributed by atoms with Crippen LogP contribution in [-0.2, 0) is 0 Å². The van der Waals surface area contributed by atoms with Gasteiger partial charge in [-0.15, -0.1) is 11.8 Å². The topological polar surface area (TPSA) is 33.0 Å². The molecule has 0 aliphatic rings. The highest BCUT2D eigenvalue weighted by molar-refractivity contribution is 14.1. The van der Waals surface area contributed by atoms with Gasteiger partial charge in [0.15, 0.2) is 0 Å². The Morgan fingerprint density at radius 3 is 2.50 bits per heavy atom. The molecule has 0 saturated heterocycles. The van der Waals surface area contributed by atoms with Gasteiger partial charge < -0.3 is 4.74 Å². The second-order valence-corrected chi connectivity index (χ2v) is 5.59. The molecule has 2 rings (SSSR count). The molecule has 0 amide bonds. The van der Waals surface area contributed by atoms with E-state index in [1.54, 1.807) is 11.8 Å². The highest BCUT2D eigenvalue weighted by Gasteiger charge is 2.09. The Balaban J connectivity index is 2.35. The van der Waals surface area contributed by atoms with E-state index in [1.165, 1.54) is 0 Å². The molecule has 0 N–H and O–H groups in total. The molecule has 0 aliphatic heterocycles. The van der Waals surface area contributed by atoms with Gasteiger partial charge in [-0.2, -0.15) is 5.26 Å². The first-order valence-corrected chi connectivity index (χ1v) is 7.55. The van der Waals surface area contributed by atoms with Gasteiger partial charge in [-0.05, 0) is 65.2 Å². The van der Waals surface area contributed by atoms with Crippen molar-refractivity contribution in [3.63, 3.8) is 0 Å². The lowest BCUT2D eigenvalue weighted by atomic mass is 10.2. The minimum atomic E-state index is 0.587. The maximum atomic E-state index is 9.21. The number of nitriles is 1. The van der Waals surface area contributed by atoms with Crippen molar-refractivity contribution in [2.75, 3.05) is 6.26 Å². The zero-order chi connectivity index (χ0) is 13.0. The van der Waals surface area contributed by atoms with E-state index in [1.807, 2.05) is 48.7 Å². The Morgan fingerprint density at radius 1 is 1.17 bits per heavy atom. The lowest BCUT2D eigenvalue weighted by molar-refractivity contribution is 0.479. The Bertz CT molecular complexity index is 590. The fourth-order valence-electron chi connectivity index (χ4n) is 1.51. The molecule has 2 nitrogen and oxygen atoms in total. The van der Waals surface area contributed by atoms with Crippen molar-refractivity contribution < 1.29 is 4.74 Å². The summed E-state index contributed by atoms with van der Waals surface area (Å²) in [7, 11) is 0. The molecule has 0 bridgehead atoms. The molecule has 0 heterocycles. The van der Waals surface area contributed by atoms with Crippen molar-refractivity contribution in [1.29, 1.82) is 5.26 Å². The average molecular weight is 367 g/mol. The van der Waals surface area contributed by atoms with E-state index in [9.17, 15) is 5.26 Å². The van der Waals surface area contributed by atoms with Crippen LogP contribution in [0.15, 0.2) is 47.4 Å². The first-order chi connectivity index (χ1) is 8.74. The minimum Gasteiger partial charge on any atom is -0.456 e. The number of hydrogen-bond donors (Lipinski definition) is 0. The third-order valence-electron chi connectivity index (χ3n) is 2.36. The molecule has 2 aromatic rings. The SMILES string of the molecule is CSc1cccc(Oc2ccc(I)cc2)c1C#N. The van der Waals surface area contributed by atoms with Crippen LogP contribution >= 0.6 is 34.4 Å². The summed E-state index contributed by atoms with van der Waals surface area (Å²) in [6.45, 7) is 0. The third kappa shape index (κ3) is 2.98. The molecular formula is C14H10INOS. The zero-order valence-corrected chi connectivity index (χ0v) is 12.7. The quantitative estimate of drug-likeness (QED) is 0.584. The van der Waals surface area contributed by atoms with Gasteiger partial charge in [-0.3, -0.25) is 0 Å². The van der Waals surface area contributed by atoms with Gasteiger partial charge in [-0.1, -0.05) is 6.07 Å². The second-order valence-electron chi connectivity index (χ2n) is 3.50. The van der Waals surface area contributed by atoms with Crippen molar-refractivity contribution in [3.8, 4) is 17.6 Å². The first kappa shape index (κ1) is 13.2. The van der Waals surface area contributed by atoms with Gasteiger partial charge in [0, 0.05) is 8.47 Å². The number of thioether (sulfide) groups is 1. The van der Waals surface area contributed by atoms with Gasteiger partial charge in [0.25, 0.3) is 0 Å². The molecule has 0 aromatic heterocycles. The van der Waals surface area contributed by atoms with Crippen molar-refractivity contribution >= 4 is 34.4 Å². The Labute approximate surface area is 124 Å². The van der Waals surface area contributed by atoms with Crippen LogP contribution in [0.5, 0.6) is 11.5 Å². The highest BCUT2D eigenvalue weighted by Crippen LogP contribution is 2.31. The number of benzene rings is 2. The average Bonchev–Trinajstić information content (AvgIpc) is 2.41. The predicted octanol–water partition coefficient (Wildman–Crippen LogP) is 4.68. The summed E-state index contributed by atoms with van der Waals surface area (Å²) >= 11 is 3.79. The van der Waals surface area contributed by atoms with Crippen molar-refractivity contribution in [2.24, 2.45) is 0 Å². The smallest absolute Gasteiger partial charge is 0.146 e. The fourth-order valence-corrected chi connectivity index (χ4v) is 2.43. The van der Waals surface area contributed by atoms with Crippen molar-refractivity contribution in [1.82, 2.24) is 0 Å². The maximum absolute atomic E-state index is 9.21. The van der Waals surface area contributed by atoms with Crippen LogP contribution in [0.2, 0.25) is 0 Å². The monoisotopic (exact) mass is 367 g/mol. The van der Waals surface area contributed by atoms with E-state index in [2.05, 4.69) is 28.7 Å². The normalized spacial score (nSPS) is 9.83. The third-order valence-corrected chi connectivity index (χ3v) is 3.86. The maximum Gasteiger partial charge on any atom is 0.146 e. The fraction of sp³-hybridized carbons (Fsp3) is 0.0714. The Hall–Kier alpha value is -1.19. The molecule has 0 unspecified atom stereocenters. The summed E-state index contributed by atoms with van der Waals surface area (Å²) in [5.74, 6) is 1.34. The van der Waals surface area contributed by atoms with Crippen LogP contribution in [0, 0.1) is 14.9 Å². The van der Waals surface area contributed by atoms with Gasteiger partial charge in [0.2, 0.25) is 0 Å². The molecule has 4 heteroatoms. The molecule has 18 heavy (non-hydrogen) atoms. The largest absolute Gasteiger partial charge is 0.456 e. The molecule has 2 aromatic carbocycles. The predicted molar refractivity (Wildman–Crippen MR) is 82.2 cm³/mol. The summed E-state index contributed by atoms with van der Waals surface area (Å²) in [5.41, 5.74) is 0.587. The molecule has 0 spiro atoms. The molecule has 0 saturated carbocycles. The lowest BCUT2D eigenvalue weighted by Gasteiger charge is -2.09. The van der Waals surface area contributed by atoms with E-state index >= 15 is 0 Å². The lowest BCUT2D eigenvalue weighted by Crippen LogP contribution is -1.90. The van der Waals surface area contributed by atoms with Crippen LogP contribution < -0.4 is 4.74 Å². The molecule has 0 atom stereocenters. The molecule has 0 radical (unpaired) electrons. The number of hydrogen-bond acceptors (Lipinski definition) is 3. The summed E-state index contributed by atoms with van der Waals surface area (Å²) in [6, 6.07) is 15.6. The molecule has 90 valence electrons. The first-order valence-electron chi connectivity index (χ1n) is 5.25. The van der Waals surface area contributed by atoms with E-state index in [4.69, 9.17) is 4.74 Å². The van der Waals surface area contributed by atoms with Gasteiger partial charge in [0.05, 0.1) is 0 Å². The standard InChI is InChI=1S/C14H10INOS/c1-18-14-4-2-3-13(12(14)9-16)17-11-7-5-10(15)6-8-11/h2-8H,1H3. The van der Waals surface area contributed by atoms with Crippen LogP contribution in [0.25, 0.3) is 0 Å². The van der Waals surface area contributed by atoms with Gasteiger partial charge >= 0.3 is 0 Å². The second kappa shape index (κ2) is 6.12. The number of halogens is 1. The van der Waals surface area contributed by atoms with Crippen molar-refractivity contribution in [2.45, 2.75) is 4.90 Å². The highest BCUT2D eigenvalue weighted by atomic mass is 127. The van der Waals surface area contributed by atoms with E-state index in [0.29, 0.717) is 11.3 Å². The number of nitrogens with zero attached hydrogens (tertiary/aromatic N) is 1. The minimum absolute atomic E-state index is 0.587. The van der Waals surface area contributed by atoms with Crippen LogP contribution in [0.4, 0.5) is 0 Å². The Kier molecular flexibility index (Phi) is 4.50. The van der Waals surface area contributed by atoms with Gasteiger partial charge in [-0.25, -0.2) is 0 Å². The summed E-state index contributed by atoms with van der Waals surface area (Å²) in [6.07, 6.45) is 1.95. The van der Waals surface area contributed by atoms with Gasteiger partial charge in [0.1, 0.15) is 23.1 Å². The molecular weight excluding hydrogens is 357 g/mol. The number of rotatable bonds is 3. The van der Waals surface area contributed by atoms with Crippen LogP contribution in [-0.4, -0.2) is 6.26 Å². The van der Waals surface area contributed by atoms with Crippen LogP contribution in [0.1, 0.15) is 5.56 Å². The zero-order valence-electron chi connectivity index (χ0n) is 9.68. The summed E-state index contributed by atoms with van der Waals surface area (Å²) < 4.78 is 6.91.